The Kier molecular flexibility index (Phi) is 4.92. The fourth-order valence-corrected chi connectivity index (χ4v) is 2.21. The van der Waals surface area contributed by atoms with Gasteiger partial charge in [-0.15, -0.1) is 11.6 Å². The number of alkyl halides is 1. The van der Waals surface area contributed by atoms with E-state index >= 15 is 0 Å². The summed E-state index contributed by atoms with van der Waals surface area (Å²) in [6.07, 6.45) is 0. The second kappa shape index (κ2) is 6.47. The first kappa shape index (κ1) is 14.4. The van der Waals surface area contributed by atoms with Gasteiger partial charge in [0.15, 0.2) is 0 Å². The molecular formula is C14H10Cl3FO. The van der Waals surface area contributed by atoms with Crippen molar-refractivity contribution < 1.29 is 9.13 Å². The predicted molar refractivity (Wildman–Crippen MR) is 76.8 cm³/mol. The molecule has 2 aromatic carbocycles. The van der Waals surface area contributed by atoms with Crippen LogP contribution in [0.3, 0.4) is 0 Å². The van der Waals surface area contributed by atoms with Gasteiger partial charge in [0.25, 0.3) is 0 Å². The van der Waals surface area contributed by atoms with Gasteiger partial charge in [-0.2, -0.15) is 0 Å². The monoisotopic (exact) mass is 318 g/mol. The molecule has 0 unspecified atom stereocenters. The third kappa shape index (κ3) is 3.53. The normalized spacial score (nSPS) is 10.5. The Balaban J connectivity index is 2.15. The van der Waals surface area contributed by atoms with Gasteiger partial charge in [0.05, 0.1) is 10.0 Å². The van der Waals surface area contributed by atoms with E-state index in [4.69, 9.17) is 39.5 Å². The van der Waals surface area contributed by atoms with Gasteiger partial charge in [-0.3, -0.25) is 0 Å². The average Bonchev–Trinajstić information content (AvgIpc) is 2.39. The van der Waals surface area contributed by atoms with E-state index in [1.807, 2.05) is 0 Å². The van der Waals surface area contributed by atoms with E-state index in [1.54, 1.807) is 30.3 Å². The van der Waals surface area contributed by atoms with Crippen molar-refractivity contribution in [1.29, 1.82) is 0 Å². The van der Waals surface area contributed by atoms with Crippen molar-refractivity contribution in [1.82, 2.24) is 0 Å². The maximum Gasteiger partial charge on any atom is 0.138 e. The molecule has 5 heteroatoms. The zero-order chi connectivity index (χ0) is 13.8. The SMILES string of the molecule is Fc1cccc(Cl)c1COc1ccc(CCl)cc1Cl. The lowest BCUT2D eigenvalue weighted by Crippen LogP contribution is -2.00. The molecule has 0 saturated heterocycles. The average molecular weight is 320 g/mol. The molecule has 19 heavy (non-hydrogen) atoms. The number of hydrogen-bond acceptors (Lipinski definition) is 1. The number of ether oxygens (including phenoxy) is 1. The lowest BCUT2D eigenvalue weighted by molar-refractivity contribution is 0.300. The summed E-state index contributed by atoms with van der Waals surface area (Å²) in [6, 6.07) is 9.71. The molecule has 1 nitrogen and oxygen atoms in total. The topological polar surface area (TPSA) is 9.23 Å². The number of halogens is 4. The molecule has 0 aromatic heterocycles. The van der Waals surface area contributed by atoms with Crippen LogP contribution in [0.25, 0.3) is 0 Å². The minimum atomic E-state index is -0.402. The Morgan fingerprint density at radius 1 is 1.05 bits per heavy atom. The molecule has 0 amide bonds. The molecule has 0 aliphatic carbocycles. The van der Waals surface area contributed by atoms with Crippen LogP contribution in [0.4, 0.5) is 4.39 Å². The fraction of sp³-hybridized carbons (Fsp3) is 0.143. The van der Waals surface area contributed by atoms with E-state index in [9.17, 15) is 4.39 Å². The first-order chi connectivity index (χ1) is 9.11. The Labute approximate surface area is 125 Å². The molecule has 0 atom stereocenters. The van der Waals surface area contributed by atoms with E-state index in [2.05, 4.69) is 0 Å². The van der Waals surface area contributed by atoms with Crippen LogP contribution in [-0.2, 0) is 12.5 Å². The van der Waals surface area contributed by atoms with Crippen molar-refractivity contribution in [2.45, 2.75) is 12.5 Å². The molecule has 2 rings (SSSR count). The first-order valence-corrected chi connectivity index (χ1v) is 6.81. The van der Waals surface area contributed by atoms with Crippen LogP contribution in [0.2, 0.25) is 10.0 Å². The van der Waals surface area contributed by atoms with Gasteiger partial charge >= 0.3 is 0 Å². The van der Waals surface area contributed by atoms with Gasteiger partial charge in [-0.05, 0) is 29.8 Å². The van der Waals surface area contributed by atoms with Crippen LogP contribution in [0.1, 0.15) is 11.1 Å². The fourth-order valence-electron chi connectivity index (χ4n) is 1.56. The lowest BCUT2D eigenvalue weighted by atomic mass is 10.2. The molecule has 2 aromatic rings. The number of hydrogen-bond donors (Lipinski definition) is 0. The standard InChI is InChI=1S/C14H10Cl3FO/c15-7-9-4-5-14(12(17)6-9)19-8-10-11(16)2-1-3-13(10)18/h1-6H,7-8H2. The van der Waals surface area contributed by atoms with Gasteiger partial charge in [-0.1, -0.05) is 35.3 Å². The minimum Gasteiger partial charge on any atom is -0.487 e. The highest BCUT2D eigenvalue weighted by atomic mass is 35.5. The molecule has 0 spiro atoms. The summed E-state index contributed by atoms with van der Waals surface area (Å²) in [5.41, 5.74) is 1.20. The molecule has 0 radical (unpaired) electrons. The molecule has 0 heterocycles. The number of rotatable bonds is 4. The van der Waals surface area contributed by atoms with Crippen LogP contribution in [0.5, 0.6) is 5.75 Å². The van der Waals surface area contributed by atoms with E-state index < -0.39 is 5.82 Å². The molecule has 0 saturated carbocycles. The second-order valence-electron chi connectivity index (χ2n) is 3.89. The Morgan fingerprint density at radius 3 is 2.47 bits per heavy atom. The number of benzene rings is 2. The lowest BCUT2D eigenvalue weighted by Gasteiger charge is -2.10. The zero-order valence-electron chi connectivity index (χ0n) is 9.80. The molecule has 0 bridgehead atoms. The van der Waals surface area contributed by atoms with Gasteiger partial charge in [0.1, 0.15) is 18.2 Å². The van der Waals surface area contributed by atoms with Crippen LogP contribution in [0.15, 0.2) is 36.4 Å². The third-order valence-corrected chi connectivity index (χ3v) is 3.54. The van der Waals surface area contributed by atoms with Crippen molar-refractivity contribution in [3.05, 3.63) is 63.4 Å². The van der Waals surface area contributed by atoms with Crippen molar-refractivity contribution in [3.63, 3.8) is 0 Å². The highest BCUT2D eigenvalue weighted by Crippen LogP contribution is 2.28. The molecule has 100 valence electrons. The largest absolute Gasteiger partial charge is 0.487 e. The minimum absolute atomic E-state index is 0.0193. The summed E-state index contributed by atoms with van der Waals surface area (Å²) in [5.74, 6) is 0.440. The van der Waals surface area contributed by atoms with Crippen molar-refractivity contribution >= 4 is 34.8 Å². The summed E-state index contributed by atoms with van der Waals surface area (Å²) in [4.78, 5) is 0. The molecular weight excluding hydrogens is 310 g/mol. The first-order valence-electron chi connectivity index (χ1n) is 5.52. The molecule has 0 N–H and O–H groups in total. The van der Waals surface area contributed by atoms with Gasteiger partial charge in [0, 0.05) is 11.4 Å². The van der Waals surface area contributed by atoms with Crippen molar-refractivity contribution in [2.75, 3.05) is 0 Å². The van der Waals surface area contributed by atoms with Crippen LogP contribution >= 0.6 is 34.8 Å². The Bertz CT molecular complexity index is 567. The maximum atomic E-state index is 13.6. The summed E-state index contributed by atoms with van der Waals surface area (Å²) in [6.45, 7) is 0.0193. The zero-order valence-corrected chi connectivity index (χ0v) is 12.1. The maximum absolute atomic E-state index is 13.6. The summed E-state index contributed by atoms with van der Waals surface area (Å²) in [7, 11) is 0. The van der Waals surface area contributed by atoms with Crippen LogP contribution in [-0.4, -0.2) is 0 Å². The van der Waals surface area contributed by atoms with E-state index in [0.29, 0.717) is 27.2 Å². The van der Waals surface area contributed by atoms with Gasteiger partial charge in [0.2, 0.25) is 0 Å². The predicted octanol–water partition coefficient (Wildman–Crippen LogP) is 5.45. The molecule has 0 aliphatic rings. The van der Waals surface area contributed by atoms with Gasteiger partial charge in [-0.25, -0.2) is 4.39 Å². The van der Waals surface area contributed by atoms with E-state index in [-0.39, 0.29) is 6.61 Å². The molecule has 0 fully saturated rings. The highest BCUT2D eigenvalue weighted by molar-refractivity contribution is 6.32. The van der Waals surface area contributed by atoms with E-state index in [0.717, 1.165) is 5.56 Å². The summed E-state index contributed by atoms with van der Waals surface area (Å²) >= 11 is 17.7. The highest BCUT2D eigenvalue weighted by Gasteiger charge is 2.09. The Morgan fingerprint density at radius 2 is 1.84 bits per heavy atom. The molecule has 0 aliphatic heterocycles. The second-order valence-corrected chi connectivity index (χ2v) is 4.97. The summed E-state index contributed by atoms with van der Waals surface area (Å²) < 4.78 is 19.0. The third-order valence-electron chi connectivity index (χ3n) is 2.58. The van der Waals surface area contributed by atoms with Gasteiger partial charge < -0.3 is 4.74 Å². The van der Waals surface area contributed by atoms with Crippen molar-refractivity contribution in [3.8, 4) is 5.75 Å². The van der Waals surface area contributed by atoms with E-state index in [1.165, 1.54) is 6.07 Å². The summed E-state index contributed by atoms with van der Waals surface area (Å²) in [5, 5.41) is 0.763. The van der Waals surface area contributed by atoms with Crippen LogP contribution < -0.4 is 4.74 Å². The van der Waals surface area contributed by atoms with Crippen molar-refractivity contribution in [2.24, 2.45) is 0 Å². The quantitative estimate of drug-likeness (QED) is 0.681. The Hall–Kier alpha value is -0.960. The smallest absolute Gasteiger partial charge is 0.138 e. The van der Waals surface area contributed by atoms with Crippen LogP contribution in [0, 0.1) is 5.82 Å².